The summed E-state index contributed by atoms with van der Waals surface area (Å²) in [5.41, 5.74) is 8.99. The van der Waals surface area contributed by atoms with Gasteiger partial charge < -0.3 is 10.2 Å². The lowest BCUT2D eigenvalue weighted by Crippen LogP contribution is -2.28. The van der Waals surface area contributed by atoms with Crippen molar-refractivity contribution in [3.8, 4) is 33.4 Å². The molecule has 7 rings (SSSR count). The molecule has 0 amide bonds. The van der Waals surface area contributed by atoms with Crippen LogP contribution in [0.2, 0.25) is 0 Å². The average Bonchev–Trinajstić information content (AvgIpc) is 3.25. The van der Waals surface area contributed by atoms with Gasteiger partial charge in [0, 0.05) is 18.6 Å². The third-order valence-corrected chi connectivity index (χ3v) is 8.60. The lowest BCUT2D eigenvalue weighted by atomic mass is 9.72. The topological polar surface area (TPSA) is 40.5 Å². The van der Waals surface area contributed by atoms with Gasteiger partial charge in [0.25, 0.3) is 0 Å². The van der Waals surface area contributed by atoms with Crippen molar-refractivity contribution in [3.63, 3.8) is 0 Å². The maximum absolute atomic E-state index is 10.3. The molecule has 1 aliphatic carbocycles. The lowest BCUT2D eigenvalue weighted by molar-refractivity contribution is 0.213. The molecule has 2 N–H and O–H groups in total. The van der Waals surface area contributed by atoms with Gasteiger partial charge in [-0.05, 0) is 103 Å². The summed E-state index contributed by atoms with van der Waals surface area (Å²) >= 11 is 0. The molecular weight excluding hydrogens is 476 g/mol. The van der Waals surface area contributed by atoms with Crippen LogP contribution in [0.1, 0.15) is 24.0 Å². The lowest BCUT2D eigenvalue weighted by Gasteiger charge is -2.31. The quantitative estimate of drug-likeness (QED) is 0.238. The van der Waals surface area contributed by atoms with Crippen molar-refractivity contribution in [1.82, 2.24) is 0 Å². The molecule has 190 valence electrons. The first kappa shape index (κ1) is 23.8. The second-order valence-corrected chi connectivity index (χ2v) is 10.7. The highest BCUT2D eigenvalue weighted by molar-refractivity contribution is 5.91. The minimum atomic E-state index is -0.451. The van der Waals surface area contributed by atoms with Crippen molar-refractivity contribution >= 4 is 21.5 Å². The molecule has 0 heterocycles. The van der Waals surface area contributed by atoms with Gasteiger partial charge in [0.05, 0.1) is 0 Å². The van der Waals surface area contributed by atoms with Crippen molar-refractivity contribution in [3.05, 3.63) is 132 Å². The molecule has 2 heteroatoms. The molecule has 0 fully saturated rings. The zero-order chi connectivity index (χ0) is 26.4. The fourth-order valence-electron chi connectivity index (χ4n) is 6.64. The van der Waals surface area contributed by atoms with E-state index in [0.717, 1.165) is 11.1 Å². The standard InChI is InChI=1S/C37H30O2/c38-19-17-37(18-20-39)35-23-31(29-11-9-25-5-1-3-7-27(25)21-29)13-15-33(35)34-16-14-32(24-36(34)37)30-12-10-26-6-2-4-8-28(26)22-30/h1-16,21-24,38-39H,17-20H2. The molecular formula is C37H30O2. The Morgan fingerprint density at radius 2 is 0.795 bits per heavy atom. The van der Waals surface area contributed by atoms with E-state index in [1.807, 2.05) is 0 Å². The number of fused-ring (bicyclic) bond motifs is 5. The molecule has 6 aromatic rings. The zero-order valence-electron chi connectivity index (χ0n) is 21.8. The highest BCUT2D eigenvalue weighted by Crippen LogP contribution is 2.54. The van der Waals surface area contributed by atoms with Gasteiger partial charge in [-0.1, -0.05) is 97.1 Å². The maximum Gasteiger partial charge on any atom is 0.0442 e. The molecule has 0 aromatic heterocycles. The van der Waals surface area contributed by atoms with E-state index in [0.29, 0.717) is 12.8 Å². The molecule has 39 heavy (non-hydrogen) atoms. The molecule has 0 saturated heterocycles. The molecule has 0 spiro atoms. The summed E-state index contributed by atoms with van der Waals surface area (Å²) < 4.78 is 0. The number of aliphatic hydroxyl groups is 2. The SMILES string of the molecule is OCCC1(CCO)c2cc(-c3ccc4ccccc4c3)ccc2-c2ccc(-c3ccc4ccccc4c3)cc21. The first-order chi connectivity index (χ1) is 19.2. The molecule has 0 bridgehead atoms. The number of benzene rings is 6. The minimum Gasteiger partial charge on any atom is -0.396 e. The Morgan fingerprint density at radius 3 is 1.23 bits per heavy atom. The first-order valence-corrected chi connectivity index (χ1v) is 13.7. The number of aliphatic hydroxyl groups excluding tert-OH is 2. The van der Waals surface area contributed by atoms with Crippen LogP contribution in [0, 0.1) is 0 Å². The van der Waals surface area contributed by atoms with Crippen LogP contribution in [0.4, 0.5) is 0 Å². The molecule has 0 unspecified atom stereocenters. The molecule has 6 aromatic carbocycles. The van der Waals surface area contributed by atoms with E-state index in [1.54, 1.807) is 0 Å². The molecule has 0 radical (unpaired) electrons. The summed E-state index contributed by atoms with van der Waals surface area (Å²) in [7, 11) is 0. The van der Waals surface area contributed by atoms with Crippen LogP contribution < -0.4 is 0 Å². The van der Waals surface area contributed by atoms with Gasteiger partial charge in [-0.2, -0.15) is 0 Å². The summed E-state index contributed by atoms with van der Waals surface area (Å²) in [5, 5.41) is 25.5. The van der Waals surface area contributed by atoms with E-state index >= 15 is 0 Å². The van der Waals surface area contributed by atoms with Gasteiger partial charge in [-0.25, -0.2) is 0 Å². The van der Waals surface area contributed by atoms with Crippen molar-refractivity contribution in [2.24, 2.45) is 0 Å². The highest BCUT2D eigenvalue weighted by atomic mass is 16.3. The van der Waals surface area contributed by atoms with Gasteiger partial charge in [0.15, 0.2) is 0 Å². The fourth-order valence-corrected chi connectivity index (χ4v) is 6.64. The predicted octanol–water partition coefficient (Wildman–Crippen LogP) is 8.36. The van der Waals surface area contributed by atoms with Crippen LogP contribution in [-0.2, 0) is 5.41 Å². The number of hydrogen-bond acceptors (Lipinski definition) is 2. The van der Waals surface area contributed by atoms with Crippen LogP contribution >= 0.6 is 0 Å². The Morgan fingerprint density at radius 1 is 0.410 bits per heavy atom. The Kier molecular flexibility index (Phi) is 5.81. The smallest absolute Gasteiger partial charge is 0.0442 e. The van der Waals surface area contributed by atoms with E-state index in [9.17, 15) is 10.2 Å². The summed E-state index contributed by atoms with van der Waals surface area (Å²) in [6.07, 6.45) is 1.13. The van der Waals surface area contributed by atoms with Crippen LogP contribution in [-0.4, -0.2) is 23.4 Å². The van der Waals surface area contributed by atoms with Crippen molar-refractivity contribution in [2.45, 2.75) is 18.3 Å². The van der Waals surface area contributed by atoms with Crippen molar-refractivity contribution in [1.29, 1.82) is 0 Å². The Hall–Kier alpha value is -4.24. The van der Waals surface area contributed by atoms with Crippen LogP contribution in [0.5, 0.6) is 0 Å². The van der Waals surface area contributed by atoms with Gasteiger partial charge in [-0.15, -0.1) is 0 Å². The monoisotopic (exact) mass is 506 g/mol. The van der Waals surface area contributed by atoms with E-state index in [-0.39, 0.29) is 13.2 Å². The molecule has 1 aliphatic rings. The van der Waals surface area contributed by atoms with Crippen molar-refractivity contribution < 1.29 is 10.2 Å². The van der Waals surface area contributed by atoms with Gasteiger partial charge in [0.2, 0.25) is 0 Å². The third-order valence-electron chi connectivity index (χ3n) is 8.60. The Balaban J connectivity index is 1.39. The van der Waals surface area contributed by atoms with Crippen molar-refractivity contribution in [2.75, 3.05) is 13.2 Å². The number of rotatable bonds is 6. The van der Waals surface area contributed by atoms with E-state index in [4.69, 9.17) is 0 Å². The predicted molar refractivity (Wildman–Crippen MR) is 162 cm³/mol. The zero-order valence-corrected chi connectivity index (χ0v) is 21.8. The van der Waals surface area contributed by atoms with Gasteiger partial charge in [-0.3, -0.25) is 0 Å². The normalized spacial score (nSPS) is 13.5. The average molecular weight is 507 g/mol. The fraction of sp³-hybridized carbons (Fsp3) is 0.135. The summed E-state index contributed by atoms with van der Waals surface area (Å²) in [4.78, 5) is 0. The molecule has 0 saturated carbocycles. The van der Waals surface area contributed by atoms with Gasteiger partial charge >= 0.3 is 0 Å². The Bertz CT molecular complexity index is 1710. The van der Waals surface area contributed by atoms with Crippen LogP contribution in [0.3, 0.4) is 0 Å². The second kappa shape index (κ2) is 9.50. The minimum absolute atomic E-state index is 0.0548. The molecule has 0 aliphatic heterocycles. The van der Waals surface area contributed by atoms with Crippen LogP contribution in [0.25, 0.3) is 54.9 Å². The summed E-state index contributed by atoms with van der Waals surface area (Å²) in [6.45, 7) is 0.110. The molecule has 2 nitrogen and oxygen atoms in total. The largest absolute Gasteiger partial charge is 0.396 e. The Labute approximate surface area is 228 Å². The third kappa shape index (κ3) is 3.87. The maximum atomic E-state index is 10.3. The van der Waals surface area contributed by atoms with Gasteiger partial charge in [0.1, 0.15) is 0 Å². The highest BCUT2D eigenvalue weighted by Gasteiger charge is 2.42. The first-order valence-electron chi connectivity index (χ1n) is 13.7. The van der Waals surface area contributed by atoms with Crippen LogP contribution in [0.15, 0.2) is 121 Å². The van der Waals surface area contributed by atoms with E-state index in [2.05, 4.69) is 121 Å². The van der Waals surface area contributed by atoms with E-state index < -0.39 is 5.41 Å². The number of hydrogen-bond donors (Lipinski definition) is 2. The molecule has 0 atom stereocenters. The second-order valence-electron chi connectivity index (χ2n) is 10.7. The summed E-state index contributed by atoms with van der Waals surface area (Å²) in [6, 6.07) is 43.5. The van der Waals surface area contributed by atoms with E-state index in [1.165, 1.54) is 54.9 Å². The summed E-state index contributed by atoms with van der Waals surface area (Å²) in [5.74, 6) is 0.